The van der Waals surface area contributed by atoms with Gasteiger partial charge in [0, 0.05) is 18.7 Å². The normalized spacial score (nSPS) is 18.0. The first-order valence-corrected chi connectivity index (χ1v) is 19.0. The molecule has 0 unspecified atom stereocenters. The standard InChI is InChI=1S/C42H50N8O5/c1-23(2)36(44-25(5)54-6)40(51)50-18-16-35(50)39-45-31-15-14-29(21-32(31)46-39)27-10-11-28-20-30(13-12-26(28)19-27)33-22-43-38(47-33)34-9-8-17-49(34)41(52)37(24(3)4)48-42(53)55-7/h10-15,19-24,34-37,44H,5,8-9,16-18H2,1-4,6-7H3,(H,43,47)(H,45,46)(H,48,53)/t34-,35-,36-,37-/m0/s1. The van der Waals surface area contributed by atoms with E-state index in [1.165, 1.54) is 14.2 Å². The van der Waals surface area contributed by atoms with Crippen molar-refractivity contribution in [2.75, 3.05) is 27.3 Å². The molecule has 0 radical (unpaired) electrons. The number of nitrogens with zero attached hydrogens (tertiary/aromatic N) is 4. The van der Waals surface area contributed by atoms with Crippen molar-refractivity contribution in [1.29, 1.82) is 0 Å². The van der Waals surface area contributed by atoms with E-state index in [1.807, 2.05) is 49.8 Å². The Hall–Kier alpha value is -5.85. The highest BCUT2D eigenvalue weighted by Gasteiger charge is 2.40. The minimum atomic E-state index is -0.684. The van der Waals surface area contributed by atoms with Crippen molar-refractivity contribution in [2.24, 2.45) is 11.8 Å². The van der Waals surface area contributed by atoms with Gasteiger partial charge >= 0.3 is 6.09 Å². The summed E-state index contributed by atoms with van der Waals surface area (Å²) in [4.78, 5) is 59.3. The molecule has 4 atom stereocenters. The average Bonchev–Trinajstić information content (AvgIpc) is 3.94. The van der Waals surface area contributed by atoms with E-state index in [-0.39, 0.29) is 35.7 Å². The second kappa shape index (κ2) is 15.5. The molecule has 2 aromatic heterocycles. The predicted octanol–water partition coefficient (Wildman–Crippen LogP) is 6.82. The quantitative estimate of drug-likeness (QED) is 0.101. The number of methoxy groups -OCH3 is 2. The summed E-state index contributed by atoms with van der Waals surface area (Å²) in [6, 6.07) is 17.6. The van der Waals surface area contributed by atoms with E-state index in [0.29, 0.717) is 19.0 Å². The number of fused-ring (bicyclic) bond motifs is 2. The van der Waals surface area contributed by atoms with Gasteiger partial charge in [0.1, 0.15) is 23.7 Å². The molecule has 3 aromatic carbocycles. The largest absolute Gasteiger partial charge is 0.483 e. The number of hydrogen-bond acceptors (Lipinski definition) is 8. The Kier molecular flexibility index (Phi) is 10.5. The first kappa shape index (κ1) is 37.5. The molecule has 288 valence electrons. The average molecular weight is 747 g/mol. The number of H-pyrrole nitrogens is 2. The van der Waals surface area contributed by atoms with Crippen LogP contribution in [-0.4, -0.2) is 87.0 Å². The third-order valence-corrected chi connectivity index (χ3v) is 10.9. The topological polar surface area (TPSA) is 158 Å². The molecular formula is C42H50N8O5. The van der Waals surface area contributed by atoms with Gasteiger partial charge in [0.15, 0.2) is 5.88 Å². The fourth-order valence-electron chi connectivity index (χ4n) is 7.67. The van der Waals surface area contributed by atoms with Gasteiger partial charge in [0.25, 0.3) is 0 Å². The number of carbonyl (C=O) groups excluding carboxylic acids is 3. The molecule has 2 aliphatic rings. The van der Waals surface area contributed by atoms with E-state index in [4.69, 9.17) is 19.4 Å². The number of rotatable bonds is 12. The zero-order valence-electron chi connectivity index (χ0n) is 32.3. The monoisotopic (exact) mass is 746 g/mol. The molecule has 0 spiro atoms. The van der Waals surface area contributed by atoms with E-state index >= 15 is 0 Å². The molecule has 2 fully saturated rings. The summed E-state index contributed by atoms with van der Waals surface area (Å²) in [6.07, 6.45) is 3.68. The van der Waals surface area contributed by atoms with Crippen molar-refractivity contribution in [3.63, 3.8) is 0 Å². The molecule has 13 nitrogen and oxygen atoms in total. The Balaban J connectivity index is 1.06. The van der Waals surface area contributed by atoms with Crippen LogP contribution in [-0.2, 0) is 19.1 Å². The molecule has 55 heavy (non-hydrogen) atoms. The summed E-state index contributed by atoms with van der Waals surface area (Å²) in [5.41, 5.74) is 5.79. The van der Waals surface area contributed by atoms with Gasteiger partial charge in [-0.05, 0) is 83.8 Å². The maximum Gasteiger partial charge on any atom is 0.407 e. The van der Waals surface area contributed by atoms with Crippen LogP contribution in [0.25, 0.3) is 44.2 Å². The highest BCUT2D eigenvalue weighted by atomic mass is 16.5. The van der Waals surface area contributed by atoms with E-state index in [9.17, 15) is 14.4 Å². The molecule has 5 aromatic rings. The SMILES string of the molecule is C=C(N[C@H](C(=O)N1CC[C@H]1c1nc2ccc(-c3ccc4cc(-c5cnc([C@@H]6CCCN6C(=O)[C@@H](NC(=O)OC)C(C)C)[nH]5)ccc4c3)cc2[nH]1)C(C)C)OC. The van der Waals surface area contributed by atoms with Gasteiger partial charge in [-0.15, -0.1) is 0 Å². The number of aromatic amines is 2. The van der Waals surface area contributed by atoms with Gasteiger partial charge in [-0.25, -0.2) is 14.8 Å². The molecule has 3 amide bonds. The van der Waals surface area contributed by atoms with Crippen LogP contribution in [0.15, 0.2) is 73.3 Å². The van der Waals surface area contributed by atoms with Crippen LogP contribution in [0.5, 0.6) is 0 Å². The second-order valence-corrected chi connectivity index (χ2v) is 15.2. The van der Waals surface area contributed by atoms with E-state index in [1.54, 1.807) is 0 Å². The maximum atomic E-state index is 13.6. The maximum absolute atomic E-state index is 13.6. The number of likely N-dealkylation sites (tertiary alicyclic amines) is 2. The van der Waals surface area contributed by atoms with Crippen LogP contribution in [0.2, 0.25) is 0 Å². The lowest BCUT2D eigenvalue weighted by Gasteiger charge is -2.42. The zero-order chi connectivity index (χ0) is 39.0. The highest BCUT2D eigenvalue weighted by Crippen LogP contribution is 2.36. The Labute approximate surface area is 320 Å². The smallest absolute Gasteiger partial charge is 0.407 e. The zero-order valence-corrected chi connectivity index (χ0v) is 32.3. The molecule has 0 aliphatic carbocycles. The van der Waals surface area contributed by atoms with Gasteiger partial charge < -0.3 is 39.9 Å². The lowest BCUT2D eigenvalue weighted by atomic mass is 9.96. The van der Waals surface area contributed by atoms with Gasteiger partial charge in [-0.3, -0.25) is 9.59 Å². The first-order valence-electron chi connectivity index (χ1n) is 19.0. The number of ether oxygens (including phenoxy) is 2. The number of nitrogens with one attached hydrogen (secondary N) is 4. The van der Waals surface area contributed by atoms with E-state index in [0.717, 1.165) is 75.1 Å². The van der Waals surface area contributed by atoms with E-state index in [2.05, 4.69) is 75.7 Å². The van der Waals surface area contributed by atoms with Crippen molar-refractivity contribution >= 4 is 39.7 Å². The molecule has 0 saturated carbocycles. The second-order valence-electron chi connectivity index (χ2n) is 15.2. The lowest BCUT2D eigenvalue weighted by Crippen LogP contribution is -2.55. The summed E-state index contributed by atoms with van der Waals surface area (Å²) in [7, 11) is 2.83. The van der Waals surface area contributed by atoms with Gasteiger partial charge in [0.05, 0.1) is 49.2 Å². The number of alkyl carbamates (subject to hydrolysis) is 1. The van der Waals surface area contributed by atoms with Gasteiger partial charge in [0.2, 0.25) is 11.8 Å². The van der Waals surface area contributed by atoms with Crippen molar-refractivity contribution in [3.05, 3.63) is 84.9 Å². The Bertz CT molecular complexity index is 2240. The van der Waals surface area contributed by atoms with E-state index < -0.39 is 18.2 Å². The minimum absolute atomic E-state index is 0.0106. The Morgan fingerprint density at radius 1 is 0.764 bits per heavy atom. The van der Waals surface area contributed by atoms with Crippen molar-refractivity contribution in [3.8, 4) is 22.4 Å². The Morgan fingerprint density at radius 2 is 1.38 bits per heavy atom. The van der Waals surface area contributed by atoms with Gasteiger partial charge in [-0.2, -0.15) is 0 Å². The number of imidazole rings is 2. The van der Waals surface area contributed by atoms with Crippen LogP contribution in [0.3, 0.4) is 0 Å². The molecule has 2 saturated heterocycles. The number of amides is 3. The lowest BCUT2D eigenvalue weighted by molar-refractivity contribution is -0.143. The first-order chi connectivity index (χ1) is 26.4. The number of hydrogen-bond donors (Lipinski definition) is 4. The van der Waals surface area contributed by atoms with Crippen LogP contribution < -0.4 is 10.6 Å². The fourth-order valence-corrected chi connectivity index (χ4v) is 7.67. The number of benzene rings is 3. The molecule has 4 heterocycles. The van der Waals surface area contributed by atoms with Crippen LogP contribution in [0, 0.1) is 11.8 Å². The number of aromatic nitrogens is 4. The molecule has 4 N–H and O–H groups in total. The third-order valence-electron chi connectivity index (χ3n) is 10.9. The number of carbonyl (C=O) groups is 3. The Morgan fingerprint density at radius 3 is 2.04 bits per heavy atom. The minimum Gasteiger partial charge on any atom is -0.483 e. The molecule has 7 rings (SSSR count). The molecule has 2 aliphatic heterocycles. The summed E-state index contributed by atoms with van der Waals surface area (Å²) in [5.74, 6) is 1.72. The third kappa shape index (κ3) is 7.47. The summed E-state index contributed by atoms with van der Waals surface area (Å²) >= 11 is 0. The van der Waals surface area contributed by atoms with Crippen molar-refractivity contribution < 1.29 is 23.9 Å². The van der Waals surface area contributed by atoms with Gasteiger partial charge in [-0.1, -0.05) is 58.0 Å². The van der Waals surface area contributed by atoms with Crippen molar-refractivity contribution in [1.82, 2.24) is 40.4 Å². The highest BCUT2D eigenvalue weighted by molar-refractivity contribution is 5.92. The predicted molar refractivity (Wildman–Crippen MR) is 211 cm³/mol. The fraction of sp³-hybridized carbons (Fsp3) is 0.405. The molecular weight excluding hydrogens is 697 g/mol. The van der Waals surface area contributed by atoms with Crippen molar-refractivity contribution in [2.45, 2.75) is 71.1 Å². The van der Waals surface area contributed by atoms with Crippen LogP contribution >= 0.6 is 0 Å². The molecule has 0 bridgehead atoms. The summed E-state index contributed by atoms with van der Waals surface area (Å²) in [5, 5.41) is 8.02. The summed E-state index contributed by atoms with van der Waals surface area (Å²) in [6.45, 7) is 12.9. The van der Waals surface area contributed by atoms with Crippen LogP contribution in [0.1, 0.15) is 70.7 Å². The van der Waals surface area contributed by atoms with Crippen LogP contribution in [0.4, 0.5) is 4.79 Å². The molecule has 13 heteroatoms. The summed E-state index contributed by atoms with van der Waals surface area (Å²) < 4.78 is 9.95.